The van der Waals surface area contributed by atoms with Gasteiger partial charge in [-0.05, 0) is 51.5 Å². The minimum Gasteiger partial charge on any atom is -0.444 e. The van der Waals surface area contributed by atoms with Gasteiger partial charge in [0.1, 0.15) is 17.7 Å². The topological polar surface area (TPSA) is 109 Å². The molecule has 0 radical (unpaired) electrons. The summed E-state index contributed by atoms with van der Waals surface area (Å²) in [6.07, 6.45) is 2.27. The fourth-order valence-corrected chi connectivity index (χ4v) is 3.69. The summed E-state index contributed by atoms with van der Waals surface area (Å²) in [6, 6.07) is -1.43. The number of hydrogen-bond donors (Lipinski definition) is 3. The van der Waals surface area contributed by atoms with E-state index >= 15 is 0 Å². The van der Waals surface area contributed by atoms with E-state index in [9.17, 15) is 14.4 Å². The van der Waals surface area contributed by atoms with Crippen LogP contribution in [0, 0.1) is 5.92 Å². The molecule has 10 heteroatoms. The summed E-state index contributed by atoms with van der Waals surface area (Å²) in [5.74, 6) is 0.323. The van der Waals surface area contributed by atoms with Crippen LogP contribution in [0.25, 0.3) is 0 Å². The number of morpholine rings is 1. The number of nitrogens with one attached hydrogen (secondary N) is 3. The molecule has 32 heavy (non-hydrogen) atoms. The highest BCUT2D eigenvalue weighted by Gasteiger charge is 2.28. The first-order valence-corrected chi connectivity index (χ1v) is 12.8. The van der Waals surface area contributed by atoms with Crippen LogP contribution in [-0.2, 0) is 19.1 Å². The number of hydrogen-bond acceptors (Lipinski definition) is 7. The second kappa shape index (κ2) is 14.6. The fraction of sp³-hybridized carbons (Fsp3) is 0.864. The summed E-state index contributed by atoms with van der Waals surface area (Å²) in [4.78, 5) is 40.2. The molecule has 1 rings (SSSR count). The van der Waals surface area contributed by atoms with Gasteiger partial charge >= 0.3 is 6.09 Å². The summed E-state index contributed by atoms with van der Waals surface area (Å²) in [7, 11) is 0. The standard InChI is InChI=1S/C22H42N4O5S/c1-16(2)15-18(25-21(29)31-22(3,4)5)20(28)24-17(7-14-32-6)19(27)23-8-9-26-10-12-30-13-11-26/h16-18H,7-15H2,1-6H3,(H,23,27)(H,24,28)(H,25,29)/t17-,18-/m0/s1. The number of ether oxygens (including phenoxy) is 2. The molecule has 0 saturated carbocycles. The minimum absolute atomic E-state index is 0.174. The van der Waals surface area contributed by atoms with E-state index in [1.807, 2.05) is 20.1 Å². The molecule has 186 valence electrons. The van der Waals surface area contributed by atoms with E-state index in [-0.39, 0.29) is 17.7 Å². The van der Waals surface area contributed by atoms with Crippen molar-refractivity contribution in [1.29, 1.82) is 0 Å². The molecule has 0 aliphatic carbocycles. The lowest BCUT2D eigenvalue weighted by Gasteiger charge is -2.27. The van der Waals surface area contributed by atoms with Gasteiger partial charge in [-0.1, -0.05) is 13.8 Å². The van der Waals surface area contributed by atoms with E-state index in [0.29, 0.717) is 32.6 Å². The van der Waals surface area contributed by atoms with Crippen molar-refractivity contribution in [3.8, 4) is 0 Å². The number of carbonyl (C=O) groups excluding carboxylic acids is 3. The Morgan fingerprint density at radius 2 is 1.72 bits per heavy atom. The Bertz CT molecular complexity index is 591. The van der Waals surface area contributed by atoms with Gasteiger partial charge in [-0.2, -0.15) is 11.8 Å². The molecule has 0 aromatic carbocycles. The third kappa shape index (κ3) is 12.5. The Balaban J connectivity index is 2.68. The van der Waals surface area contributed by atoms with Crippen LogP contribution in [0.2, 0.25) is 0 Å². The first-order valence-electron chi connectivity index (χ1n) is 11.4. The molecule has 3 N–H and O–H groups in total. The van der Waals surface area contributed by atoms with Crippen LogP contribution in [0.4, 0.5) is 4.79 Å². The molecule has 0 aromatic heterocycles. The van der Waals surface area contributed by atoms with Crippen LogP contribution in [0.5, 0.6) is 0 Å². The number of amides is 3. The normalized spacial score (nSPS) is 16.8. The number of nitrogens with zero attached hydrogens (tertiary/aromatic N) is 1. The molecule has 3 amide bonds. The molecule has 0 unspecified atom stereocenters. The first-order chi connectivity index (χ1) is 15.0. The van der Waals surface area contributed by atoms with Crippen LogP contribution < -0.4 is 16.0 Å². The lowest BCUT2D eigenvalue weighted by Crippen LogP contribution is -2.55. The summed E-state index contributed by atoms with van der Waals surface area (Å²) in [6.45, 7) is 13.6. The van der Waals surface area contributed by atoms with E-state index in [4.69, 9.17) is 9.47 Å². The Kier molecular flexibility index (Phi) is 13.0. The van der Waals surface area contributed by atoms with Gasteiger partial charge in [0, 0.05) is 26.2 Å². The van der Waals surface area contributed by atoms with E-state index in [1.54, 1.807) is 32.5 Å². The molecule has 1 fully saturated rings. The van der Waals surface area contributed by atoms with E-state index in [2.05, 4.69) is 20.9 Å². The van der Waals surface area contributed by atoms with Gasteiger partial charge in [-0.15, -0.1) is 0 Å². The third-order valence-corrected chi connectivity index (χ3v) is 5.43. The van der Waals surface area contributed by atoms with Crippen LogP contribution in [0.1, 0.15) is 47.5 Å². The molecule has 0 bridgehead atoms. The highest BCUT2D eigenvalue weighted by Crippen LogP contribution is 2.10. The zero-order valence-electron chi connectivity index (χ0n) is 20.5. The number of carbonyl (C=O) groups is 3. The van der Waals surface area contributed by atoms with E-state index < -0.39 is 23.8 Å². The highest BCUT2D eigenvalue weighted by atomic mass is 32.2. The van der Waals surface area contributed by atoms with Crippen molar-refractivity contribution in [2.75, 3.05) is 51.4 Å². The molecular weight excluding hydrogens is 432 g/mol. The Morgan fingerprint density at radius 1 is 1.06 bits per heavy atom. The Morgan fingerprint density at radius 3 is 2.28 bits per heavy atom. The zero-order chi connectivity index (χ0) is 24.1. The molecule has 1 aliphatic rings. The van der Waals surface area contributed by atoms with Crippen molar-refractivity contribution < 1.29 is 23.9 Å². The number of rotatable bonds is 12. The van der Waals surface area contributed by atoms with Gasteiger partial charge in [-0.3, -0.25) is 14.5 Å². The molecule has 9 nitrogen and oxygen atoms in total. The summed E-state index contributed by atoms with van der Waals surface area (Å²) in [5, 5.41) is 8.45. The summed E-state index contributed by atoms with van der Waals surface area (Å²) in [5.41, 5.74) is -0.663. The van der Waals surface area contributed by atoms with Gasteiger partial charge in [0.25, 0.3) is 0 Å². The van der Waals surface area contributed by atoms with Crippen LogP contribution in [-0.4, -0.2) is 91.9 Å². The van der Waals surface area contributed by atoms with Gasteiger partial charge in [0.2, 0.25) is 11.8 Å². The first kappa shape index (κ1) is 28.5. The SMILES string of the molecule is CSCC[C@H](NC(=O)[C@H](CC(C)C)NC(=O)OC(C)(C)C)C(=O)NCCN1CCOCC1. The van der Waals surface area contributed by atoms with Crippen molar-refractivity contribution in [2.45, 2.75) is 65.1 Å². The maximum absolute atomic E-state index is 13.0. The largest absolute Gasteiger partial charge is 0.444 e. The second-order valence-electron chi connectivity index (χ2n) is 9.42. The van der Waals surface area contributed by atoms with Gasteiger partial charge in [0.05, 0.1) is 13.2 Å². The van der Waals surface area contributed by atoms with E-state index in [0.717, 1.165) is 25.4 Å². The second-order valence-corrected chi connectivity index (χ2v) is 10.4. The molecule has 2 atom stereocenters. The smallest absolute Gasteiger partial charge is 0.408 e. The van der Waals surface area contributed by atoms with Gasteiger partial charge in [-0.25, -0.2) is 4.79 Å². The van der Waals surface area contributed by atoms with Crippen molar-refractivity contribution in [1.82, 2.24) is 20.9 Å². The molecule has 1 saturated heterocycles. The van der Waals surface area contributed by atoms with Crippen molar-refractivity contribution >= 4 is 29.7 Å². The summed E-state index contributed by atoms with van der Waals surface area (Å²) >= 11 is 1.61. The lowest BCUT2D eigenvalue weighted by atomic mass is 10.0. The van der Waals surface area contributed by atoms with Crippen molar-refractivity contribution in [3.05, 3.63) is 0 Å². The van der Waals surface area contributed by atoms with Crippen LogP contribution in [0.3, 0.4) is 0 Å². The zero-order valence-corrected chi connectivity index (χ0v) is 21.3. The monoisotopic (exact) mass is 474 g/mol. The van der Waals surface area contributed by atoms with E-state index in [1.165, 1.54) is 0 Å². The van der Waals surface area contributed by atoms with Crippen molar-refractivity contribution in [3.63, 3.8) is 0 Å². The highest BCUT2D eigenvalue weighted by molar-refractivity contribution is 7.98. The van der Waals surface area contributed by atoms with Crippen LogP contribution >= 0.6 is 11.8 Å². The number of alkyl carbamates (subject to hydrolysis) is 1. The molecule has 1 heterocycles. The molecule has 0 aromatic rings. The maximum Gasteiger partial charge on any atom is 0.408 e. The Hall–Kier alpha value is -1.52. The predicted molar refractivity (Wildman–Crippen MR) is 128 cm³/mol. The summed E-state index contributed by atoms with van der Waals surface area (Å²) < 4.78 is 10.6. The van der Waals surface area contributed by atoms with Crippen molar-refractivity contribution in [2.24, 2.45) is 5.92 Å². The average molecular weight is 475 g/mol. The average Bonchev–Trinajstić information content (AvgIpc) is 2.69. The lowest BCUT2D eigenvalue weighted by molar-refractivity contribution is -0.130. The maximum atomic E-state index is 13.0. The Labute approximate surface area is 197 Å². The van der Waals surface area contributed by atoms with Gasteiger partial charge < -0.3 is 25.4 Å². The molecule has 0 spiro atoms. The minimum atomic E-state index is -0.775. The predicted octanol–water partition coefficient (Wildman–Crippen LogP) is 1.61. The third-order valence-electron chi connectivity index (χ3n) is 4.79. The molecular formula is C22H42N4O5S. The number of thioether (sulfide) groups is 1. The molecule has 1 aliphatic heterocycles. The quantitative estimate of drug-likeness (QED) is 0.394. The fourth-order valence-electron chi connectivity index (χ4n) is 3.21. The van der Waals surface area contributed by atoms with Crippen LogP contribution in [0.15, 0.2) is 0 Å². The van der Waals surface area contributed by atoms with Gasteiger partial charge in [0.15, 0.2) is 0 Å².